The van der Waals surface area contributed by atoms with Crippen LogP contribution in [0.25, 0.3) is 0 Å². The molecule has 4 nitrogen and oxygen atoms in total. The number of hydrogen-bond acceptors (Lipinski definition) is 4. The van der Waals surface area contributed by atoms with Crippen LogP contribution >= 0.6 is 11.8 Å². The maximum absolute atomic E-state index is 11.0. The Kier molecular flexibility index (Phi) is 21.2. The minimum absolute atomic E-state index is 0.365. The molecule has 1 fully saturated rings. The van der Waals surface area contributed by atoms with Gasteiger partial charge in [-0.25, -0.2) is 0 Å². The average Bonchev–Trinajstić information content (AvgIpc) is 2.69. The maximum atomic E-state index is 11.0. The Hall–Kier alpha value is -0.260. The van der Waals surface area contributed by atoms with Crippen LogP contribution < -0.4 is 11.1 Å². The number of nitrogens with two attached hydrogens (primary N) is 1. The first-order valence-corrected chi connectivity index (χ1v) is 13.2. The molecule has 0 radical (unpaired) electrons. The van der Waals surface area contributed by atoms with E-state index in [4.69, 9.17) is 10.8 Å². The molecule has 0 saturated heterocycles. The van der Waals surface area contributed by atoms with Crippen molar-refractivity contribution in [2.24, 2.45) is 5.73 Å². The molecule has 0 aliphatic heterocycles. The highest BCUT2D eigenvalue weighted by Crippen LogP contribution is 2.14. The van der Waals surface area contributed by atoms with Crippen LogP contribution in [0, 0.1) is 0 Å². The van der Waals surface area contributed by atoms with E-state index in [9.17, 15) is 4.79 Å². The van der Waals surface area contributed by atoms with E-state index >= 15 is 0 Å². The average molecular weight is 417 g/mol. The van der Waals surface area contributed by atoms with Crippen LogP contribution in [0.15, 0.2) is 0 Å². The highest BCUT2D eigenvalue weighted by molar-refractivity contribution is 7.98. The molecule has 0 aromatic rings. The third-order valence-electron chi connectivity index (χ3n) is 5.48. The van der Waals surface area contributed by atoms with E-state index in [-0.39, 0.29) is 6.04 Å². The van der Waals surface area contributed by atoms with Crippen molar-refractivity contribution in [2.45, 2.75) is 122 Å². The van der Waals surface area contributed by atoms with Gasteiger partial charge in [0.2, 0.25) is 0 Å². The third-order valence-corrected chi connectivity index (χ3v) is 6.12. The summed E-state index contributed by atoms with van der Waals surface area (Å²) < 4.78 is 0. The molecule has 1 atom stereocenters. The number of unbranched alkanes of at least 4 members (excludes halogenated alkanes) is 9. The molecule has 1 saturated carbocycles. The van der Waals surface area contributed by atoms with Crippen LogP contribution in [0.1, 0.15) is 110 Å². The highest BCUT2D eigenvalue weighted by Gasteiger charge is 2.15. The van der Waals surface area contributed by atoms with Gasteiger partial charge in [-0.15, -0.1) is 0 Å². The van der Waals surface area contributed by atoms with E-state index in [1.807, 2.05) is 6.26 Å². The summed E-state index contributed by atoms with van der Waals surface area (Å²) in [5.41, 5.74) is 5.63. The summed E-state index contributed by atoms with van der Waals surface area (Å²) in [7, 11) is 0. The lowest BCUT2D eigenvalue weighted by Crippen LogP contribution is -2.37. The van der Waals surface area contributed by atoms with Crippen LogP contribution in [0.2, 0.25) is 0 Å². The topological polar surface area (TPSA) is 75.3 Å². The molecular weight excluding hydrogens is 368 g/mol. The van der Waals surface area contributed by atoms with Gasteiger partial charge in [0.15, 0.2) is 0 Å². The number of rotatable bonds is 16. The van der Waals surface area contributed by atoms with Gasteiger partial charge in [0.05, 0.1) is 0 Å². The fourth-order valence-corrected chi connectivity index (χ4v) is 4.04. The van der Waals surface area contributed by atoms with Crippen molar-refractivity contribution in [3.05, 3.63) is 0 Å². The molecule has 0 aromatic heterocycles. The van der Waals surface area contributed by atoms with Gasteiger partial charge in [0, 0.05) is 6.04 Å². The molecule has 1 aliphatic carbocycles. The number of carbonyl (C=O) groups is 1. The standard InChI is InChI=1S/C17H35NO2S.C6H13N/c1-3-4-5-6-7-8-9-10-11-12-14-18-16(17(19)20)13-15-21-2;7-6-4-2-1-3-5-6/h16,18H,3-15H2,1-2H3,(H,19,20);6H,1-5,7H2/t16-;/m0./s1. The number of thioether (sulfide) groups is 1. The summed E-state index contributed by atoms with van der Waals surface area (Å²) in [5.74, 6) is 0.193. The van der Waals surface area contributed by atoms with Gasteiger partial charge in [0.1, 0.15) is 6.04 Å². The molecular formula is C23H48N2O2S. The van der Waals surface area contributed by atoms with Gasteiger partial charge in [0.25, 0.3) is 0 Å². The van der Waals surface area contributed by atoms with Crippen LogP contribution in [0.4, 0.5) is 0 Å². The Morgan fingerprint density at radius 1 is 1.00 bits per heavy atom. The summed E-state index contributed by atoms with van der Waals surface area (Å²) in [6.07, 6.45) is 22.6. The fourth-order valence-electron chi connectivity index (χ4n) is 3.57. The van der Waals surface area contributed by atoms with Gasteiger partial charge >= 0.3 is 5.97 Å². The normalized spacial score (nSPS) is 15.7. The van der Waals surface area contributed by atoms with Crippen LogP contribution in [-0.4, -0.2) is 41.7 Å². The predicted molar refractivity (Wildman–Crippen MR) is 125 cm³/mol. The third kappa shape index (κ3) is 19.1. The van der Waals surface area contributed by atoms with E-state index in [0.29, 0.717) is 12.5 Å². The lowest BCUT2D eigenvalue weighted by molar-refractivity contribution is -0.139. The number of carboxylic acids is 1. The van der Waals surface area contributed by atoms with E-state index in [1.165, 1.54) is 89.9 Å². The van der Waals surface area contributed by atoms with E-state index in [2.05, 4.69) is 12.2 Å². The first-order chi connectivity index (χ1) is 13.6. The predicted octanol–water partition coefficient (Wildman–Crippen LogP) is 5.98. The van der Waals surface area contributed by atoms with Crippen molar-refractivity contribution in [1.29, 1.82) is 0 Å². The minimum atomic E-state index is -0.712. The number of nitrogens with one attached hydrogen (secondary N) is 1. The van der Waals surface area contributed by atoms with E-state index in [0.717, 1.165) is 18.7 Å². The second-order valence-electron chi connectivity index (χ2n) is 8.21. The second kappa shape index (κ2) is 21.4. The van der Waals surface area contributed by atoms with E-state index < -0.39 is 5.97 Å². The zero-order valence-electron chi connectivity index (χ0n) is 18.7. The van der Waals surface area contributed by atoms with Crippen molar-refractivity contribution in [2.75, 3.05) is 18.6 Å². The molecule has 0 amide bonds. The SMILES string of the molecule is CCCCCCCCCCCCN[C@@H](CCSC)C(=O)O.NC1CCCCC1. The quantitative estimate of drug-likeness (QED) is 0.270. The molecule has 0 spiro atoms. The molecule has 5 heteroatoms. The Morgan fingerprint density at radius 2 is 1.54 bits per heavy atom. The van der Waals surface area contributed by atoms with Crippen molar-refractivity contribution in [3.63, 3.8) is 0 Å². The number of carboxylic acid groups (broad SMARTS) is 1. The van der Waals surface area contributed by atoms with Gasteiger partial charge in [-0.2, -0.15) is 11.8 Å². The Morgan fingerprint density at radius 3 is 1.96 bits per heavy atom. The summed E-state index contributed by atoms with van der Waals surface area (Å²) >= 11 is 1.70. The van der Waals surface area contributed by atoms with Crippen molar-refractivity contribution in [1.82, 2.24) is 5.32 Å². The first kappa shape index (κ1) is 27.7. The van der Waals surface area contributed by atoms with Crippen molar-refractivity contribution in [3.8, 4) is 0 Å². The van der Waals surface area contributed by atoms with Crippen LogP contribution in [0.5, 0.6) is 0 Å². The number of hydrogen-bond donors (Lipinski definition) is 3. The molecule has 0 unspecified atom stereocenters. The lowest BCUT2D eigenvalue weighted by Gasteiger charge is -2.15. The molecule has 0 heterocycles. The van der Waals surface area contributed by atoms with Gasteiger partial charge in [-0.1, -0.05) is 84.0 Å². The molecule has 28 heavy (non-hydrogen) atoms. The Bertz CT molecular complexity index is 337. The number of aliphatic carboxylic acids is 1. The second-order valence-corrected chi connectivity index (χ2v) is 9.19. The highest BCUT2D eigenvalue weighted by atomic mass is 32.2. The fraction of sp³-hybridized carbons (Fsp3) is 0.957. The molecule has 1 rings (SSSR count). The van der Waals surface area contributed by atoms with Crippen molar-refractivity contribution < 1.29 is 9.90 Å². The summed E-state index contributed by atoms with van der Waals surface area (Å²) in [5, 5.41) is 12.3. The summed E-state index contributed by atoms with van der Waals surface area (Å²) in [4.78, 5) is 11.0. The smallest absolute Gasteiger partial charge is 0.320 e. The first-order valence-electron chi connectivity index (χ1n) is 11.8. The Labute approximate surface area is 179 Å². The van der Waals surface area contributed by atoms with Crippen LogP contribution in [0.3, 0.4) is 0 Å². The summed E-state index contributed by atoms with van der Waals surface area (Å²) in [6, 6.07) is 0.171. The summed E-state index contributed by atoms with van der Waals surface area (Å²) in [6.45, 7) is 3.09. The molecule has 4 N–H and O–H groups in total. The van der Waals surface area contributed by atoms with Crippen molar-refractivity contribution >= 4 is 17.7 Å². The molecule has 168 valence electrons. The van der Waals surface area contributed by atoms with Gasteiger partial charge in [-0.3, -0.25) is 4.79 Å². The zero-order valence-corrected chi connectivity index (χ0v) is 19.5. The molecule has 0 bridgehead atoms. The van der Waals surface area contributed by atoms with Gasteiger partial charge < -0.3 is 16.2 Å². The monoisotopic (exact) mass is 416 g/mol. The zero-order chi connectivity index (χ0) is 20.9. The maximum Gasteiger partial charge on any atom is 0.320 e. The lowest BCUT2D eigenvalue weighted by atomic mass is 9.97. The van der Waals surface area contributed by atoms with E-state index in [1.54, 1.807) is 11.8 Å². The Balaban J connectivity index is 0.000000861. The van der Waals surface area contributed by atoms with Gasteiger partial charge in [-0.05, 0) is 44.2 Å². The molecule has 1 aliphatic rings. The van der Waals surface area contributed by atoms with Crippen LogP contribution in [-0.2, 0) is 4.79 Å². The molecule has 0 aromatic carbocycles. The minimum Gasteiger partial charge on any atom is -0.480 e. The largest absolute Gasteiger partial charge is 0.480 e.